The number of carbonyl (C=O) groups excluding carboxylic acids is 1. The molecule has 0 atom stereocenters. The highest BCUT2D eigenvalue weighted by Gasteiger charge is 2.16. The fourth-order valence-corrected chi connectivity index (χ4v) is 1.05. The van der Waals surface area contributed by atoms with Gasteiger partial charge in [-0.1, -0.05) is 0 Å². The molecule has 7 nitrogen and oxygen atoms in total. The number of hydrogen-bond donors (Lipinski definition) is 3. The van der Waals surface area contributed by atoms with Crippen LogP contribution in [0, 0.1) is 0 Å². The molecule has 0 saturated heterocycles. The van der Waals surface area contributed by atoms with E-state index in [2.05, 4.69) is 15.3 Å². The summed E-state index contributed by atoms with van der Waals surface area (Å²) in [5, 5.41) is 20.2. The number of carbonyl (C=O) groups is 1. The monoisotopic (exact) mass is 253 g/mol. The Hall–Kier alpha value is -1.67. The predicted molar refractivity (Wildman–Crippen MR) is 64.9 cm³/mol. The number of amides is 1. The maximum atomic E-state index is 11.3. The second-order valence-electron chi connectivity index (χ2n) is 4.66. The van der Waals surface area contributed by atoms with Gasteiger partial charge in [0.2, 0.25) is 0 Å². The molecule has 0 aliphatic heterocycles. The van der Waals surface area contributed by atoms with Crippen molar-refractivity contribution in [3.8, 4) is 0 Å². The lowest BCUT2D eigenvalue weighted by molar-refractivity contribution is 0.0522. The van der Waals surface area contributed by atoms with Gasteiger partial charge in [0.05, 0.1) is 6.54 Å². The Labute approximate surface area is 105 Å². The molecule has 1 rings (SSSR count). The summed E-state index contributed by atoms with van der Waals surface area (Å²) in [5.41, 5.74) is -0.369. The summed E-state index contributed by atoms with van der Waals surface area (Å²) in [5.74, 6) is 0.352. The molecule has 1 aromatic heterocycles. The Morgan fingerprint density at radius 2 is 1.94 bits per heavy atom. The Morgan fingerprint density at radius 3 is 2.39 bits per heavy atom. The zero-order valence-electron chi connectivity index (χ0n) is 10.5. The van der Waals surface area contributed by atoms with Crippen molar-refractivity contribution in [1.82, 2.24) is 15.3 Å². The zero-order chi connectivity index (χ0) is 13.8. The van der Waals surface area contributed by atoms with Crippen molar-refractivity contribution in [2.45, 2.75) is 32.9 Å². The maximum Gasteiger partial charge on any atom is 0.491 e. The summed E-state index contributed by atoms with van der Waals surface area (Å²) in [6.45, 7) is 5.40. The first kappa shape index (κ1) is 14.4. The summed E-state index contributed by atoms with van der Waals surface area (Å²) in [7, 11) is -1.60. The Bertz CT molecular complexity index is 403. The molecular weight excluding hydrogens is 237 g/mol. The summed E-state index contributed by atoms with van der Waals surface area (Å²) in [4.78, 5) is 19.1. The van der Waals surface area contributed by atoms with Gasteiger partial charge in [-0.05, 0) is 20.8 Å². The highest BCUT2D eigenvalue weighted by molar-refractivity contribution is 6.58. The third-order valence-electron chi connectivity index (χ3n) is 1.81. The van der Waals surface area contributed by atoms with Gasteiger partial charge in [-0.25, -0.2) is 14.8 Å². The van der Waals surface area contributed by atoms with Gasteiger partial charge in [0.25, 0.3) is 0 Å². The Kier molecular flexibility index (Phi) is 4.63. The molecule has 1 amide bonds. The third-order valence-corrected chi connectivity index (χ3v) is 1.81. The minimum atomic E-state index is -1.60. The van der Waals surface area contributed by atoms with Crippen LogP contribution in [0.5, 0.6) is 0 Å². The average molecular weight is 253 g/mol. The molecule has 0 aromatic carbocycles. The van der Waals surface area contributed by atoms with E-state index in [1.165, 1.54) is 12.4 Å². The van der Waals surface area contributed by atoms with E-state index in [1.807, 2.05) is 0 Å². The van der Waals surface area contributed by atoms with Gasteiger partial charge in [-0.3, -0.25) is 0 Å². The Morgan fingerprint density at radius 1 is 1.39 bits per heavy atom. The lowest BCUT2D eigenvalue weighted by Crippen LogP contribution is -2.33. The van der Waals surface area contributed by atoms with Crippen LogP contribution >= 0.6 is 0 Å². The number of aromatic nitrogens is 2. The molecule has 3 N–H and O–H groups in total. The molecule has 0 saturated carbocycles. The summed E-state index contributed by atoms with van der Waals surface area (Å²) >= 11 is 0. The zero-order valence-corrected chi connectivity index (χ0v) is 10.5. The highest BCUT2D eigenvalue weighted by atomic mass is 16.6. The fraction of sp³-hybridized carbons (Fsp3) is 0.500. The number of nitrogens with zero attached hydrogens (tertiary/aromatic N) is 2. The van der Waals surface area contributed by atoms with Crippen molar-refractivity contribution in [3.05, 3.63) is 18.2 Å². The number of nitrogens with one attached hydrogen (secondary N) is 1. The first-order valence-electron chi connectivity index (χ1n) is 5.42. The summed E-state index contributed by atoms with van der Waals surface area (Å²) in [6, 6.07) is 0. The van der Waals surface area contributed by atoms with E-state index in [1.54, 1.807) is 20.8 Å². The van der Waals surface area contributed by atoms with E-state index in [-0.39, 0.29) is 12.0 Å². The van der Waals surface area contributed by atoms with E-state index < -0.39 is 18.8 Å². The molecule has 1 aromatic rings. The van der Waals surface area contributed by atoms with E-state index in [0.29, 0.717) is 5.82 Å². The van der Waals surface area contributed by atoms with Crippen molar-refractivity contribution >= 4 is 18.7 Å². The second kappa shape index (κ2) is 5.79. The van der Waals surface area contributed by atoms with Crippen molar-refractivity contribution < 1.29 is 19.6 Å². The number of rotatable bonds is 3. The van der Waals surface area contributed by atoms with Crippen LogP contribution in [0.15, 0.2) is 12.4 Å². The SMILES string of the molecule is CC(C)(C)OC(=O)NCc1ncc(B(O)O)cn1. The molecule has 0 aliphatic rings. The summed E-state index contributed by atoms with van der Waals surface area (Å²) < 4.78 is 5.04. The van der Waals surface area contributed by atoms with Crippen LogP contribution in [-0.2, 0) is 11.3 Å². The van der Waals surface area contributed by atoms with Crippen LogP contribution in [-0.4, -0.2) is 38.8 Å². The van der Waals surface area contributed by atoms with Crippen molar-refractivity contribution in [3.63, 3.8) is 0 Å². The highest BCUT2D eigenvalue weighted by Crippen LogP contribution is 2.06. The van der Waals surface area contributed by atoms with Crippen molar-refractivity contribution in [2.75, 3.05) is 0 Å². The first-order chi connectivity index (χ1) is 8.28. The molecule has 0 fully saturated rings. The van der Waals surface area contributed by atoms with Crippen LogP contribution in [0.1, 0.15) is 26.6 Å². The molecule has 18 heavy (non-hydrogen) atoms. The van der Waals surface area contributed by atoms with Gasteiger partial charge >= 0.3 is 13.2 Å². The first-order valence-corrected chi connectivity index (χ1v) is 5.42. The van der Waals surface area contributed by atoms with Crippen LogP contribution in [0.3, 0.4) is 0 Å². The number of hydrogen-bond acceptors (Lipinski definition) is 6. The van der Waals surface area contributed by atoms with Crippen LogP contribution < -0.4 is 10.8 Å². The summed E-state index contributed by atoms with van der Waals surface area (Å²) in [6.07, 6.45) is 2.01. The fourth-order valence-electron chi connectivity index (χ4n) is 1.05. The predicted octanol–water partition coefficient (Wildman–Crippen LogP) is -0.819. The van der Waals surface area contributed by atoms with Crippen LogP contribution in [0.2, 0.25) is 0 Å². The lowest BCUT2D eigenvalue weighted by atomic mass is 9.83. The second-order valence-corrected chi connectivity index (χ2v) is 4.66. The minimum absolute atomic E-state index is 0.108. The van der Waals surface area contributed by atoms with Crippen LogP contribution in [0.4, 0.5) is 4.79 Å². The maximum absolute atomic E-state index is 11.3. The Balaban J connectivity index is 2.46. The van der Waals surface area contributed by atoms with Gasteiger partial charge in [-0.15, -0.1) is 0 Å². The van der Waals surface area contributed by atoms with Gasteiger partial charge in [0.1, 0.15) is 11.4 Å². The van der Waals surface area contributed by atoms with E-state index >= 15 is 0 Å². The molecule has 0 aliphatic carbocycles. The molecular formula is C10H16BN3O4. The van der Waals surface area contributed by atoms with Gasteiger partial charge in [0.15, 0.2) is 0 Å². The molecule has 0 bridgehead atoms. The van der Waals surface area contributed by atoms with E-state index in [0.717, 1.165) is 0 Å². The number of ether oxygens (including phenoxy) is 1. The molecule has 0 spiro atoms. The van der Waals surface area contributed by atoms with Crippen molar-refractivity contribution in [1.29, 1.82) is 0 Å². The van der Waals surface area contributed by atoms with E-state index in [4.69, 9.17) is 14.8 Å². The van der Waals surface area contributed by atoms with Gasteiger partial charge in [-0.2, -0.15) is 0 Å². The molecule has 8 heteroatoms. The largest absolute Gasteiger partial charge is 0.491 e. The normalized spacial score (nSPS) is 10.9. The topological polar surface area (TPSA) is 105 Å². The molecule has 0 radical (unpaired) electrons. The van der Waals surface area contributed by atoms with Crippen LogP contribution in [0.25, 0.3) is 0 Å². The van der Waals surface area contributed by atoms with E-state index in [9.17, 15) is 4.79 Å². The quantitative estimate of drug-likeness (QED) is 0.608. The molecule has 0 unspecified atom stereocenters. The van der Waals surface area contributed by atoms with Gasteiger partial charge in [0, 0.05) is 17.9 Å². The third kappa shape index (κ3) is 5.11. The molecule has 98 valence electrons. The standard InChI is InChI=1S/C10H16BN3O4/c1-10(2,3)18-9(15)14-6-8-12-4-7(5-13-8)11(16)17/h4-5,16-17H,6H2,1-3H3,(H,14,15). The smallest absolute Gasteiger partial charge is 0.444 e. The van der Waals surface area contributed by atoms with Gasteiger partial charge < -0.3 is 20.1 Å². The minimum Gasteiger partial charge on any atom is -0.444 e. The number of alkyl carbamates (subject to hydrolysis) is 1. The average Bonchev–Trinajstić information content (AvgIpc) is 2.24. The van der Waals surface area contributed by atoms with Crippen molar-refractivity contribution in [2.24, 2.45) is 0 Å². The lowest BCUT2D eigenvalue weighted by Gasteiger charge is -2.19. The molecule has 1 heterocycles.